The molecule has 0 spiro atoms. The maximum Gasteiger partial charge on any atom is 0.148 e. The largest absolute Gasteiger partial charge is 0.298 e. The van der Waals surface area contributed by atoms with Crippen molar-refractivity contribution in [3.05, 3.63) is 18.0 Å². The highest BCUT2D eigenvalue weighted by Crippen LogP contribution is 2.06. The second kappa shape index (κ2) is 5.95. The normalized spacial score (nSPS) is 10.9. The summed E-state index contributed by atoms with van der Waals surface area (Å²) in [5.41, 5.74) is 0.880. The molecule has 1 heterocycles. The molecular weight excluding hydrogens is 208 g/mol. The number of ketones is 1. The maximum atomic E-state index is 11.5. The Labute approximate surface area is 95.2 Å². The molecule has 0 saturated carbocycles. The molecule has 0 aliphatic rings. The highest BCUT2D eigenvalue weighted by atomic mass is 32.2. The smallest absolute Gasteiger partial charge is 0.148 e. The fourth-order valence-corrected chi connectivity index (χ4v) is 1.76. The summed E-state index contributed by atoms with van der Waals surface area (Å²) in [6.45, 7) is 6.21. The van der Waals surface area contributed by atoms with Gasteiger partial charge in [-0.05, 0) is 25.7 Å². The second-order valence-corrected chi connectivity index (χ2v) is 5.01. The highest BCUT2D eigenvalue weighted by molar-refractivity contribution is 7.99. The van der Waals surface area contributed by atoms with Crippen molar-refractivity contribution in [2.45, 2.75) is 33.2 Å². The molecule has 0 unspecified atom stereocenters. The summed E-state index contributed by atoms with van der Waals surface area (Å²) >= 11 is 1.66. The third kappa shape index (κ3) is 4.08. The molecular formula is C11H18N2OS. The molecule has 1 aromatic rings. The fraction of sp³-hybridized carbons (Fsp3) is 0.636. The van der Waals surface area contributed by atoms with Gasteiger partial charge in [-0.1, -0.05) is 6.92 Å². The van der Waals surface area contributed by atoms with Gasteiger partial charge >= 0.3 is 0 Å². The van der Waals surface area contributed by atoms with E-state index < -0.39 is 0 Å². The molecule has 84 valence electrons. The van der Waals surface area contributed by atoms with Gasteiger partial charge in [0, 0.05) is 12.2 Å². The predicted molar refractivity (Wildman–Crippen MR) is 64.3 cm³/mol. The topological polar surface area (TPSA) is 34.9 Å². The Morgan fingerprint density at radius 3 is 2.87 bits per heavy atom. The van der Waals surface area contributed by atoms with Crippen LogP contribution in [-0.2, 0) is 11.2 Å². The van der Waals surface area contributed by atoms with Crippen molar-refractivity contribution in [1.82, 2.24) is 9.78 Å². The summed E-state index contributed by atoms with van der Waals surface area (Å²) in [7, 11) is 0. The number of hydrogen-bond acceptors (Lipinski definition) is 3. The van der Waals surface area contributed by atoms with E-state index in [1.165, 1.54) is 0 Å². The number of carbonyl (C=O) groups is 1. The Kier molecular flexibility index (Phi) is 4.88. The molecule has 0 bridgehead atoms. The van der Waals surface area contributed by atoms with Crippen LogP contribution in [0.4, 0.5) is 0 Å². The van der Waals surface area contributed by atoms with Crippen LogP contribution in [0.5, 0.6) is 0 Å². The molecule has 0 aromatic carbocycles. The number of carbonyl (C=O) groups excluding carboxylic acids is 1. The first-order valence-electron chi connectivity index (χ1n) is 5.27. The van der Waals surface area contributed by atoms with Crippen LogP contribution in [-0.4, -0.2) is 27.1 Å². The summed E-state index contributed by atoms with van der Waals surface area (Å²) in [5.74, 6) is 1.85. The summed E-state index contributed by atoms with van der Waals surface area (Å²) in [4.78, 5) is 11.5. The van der Waals surface area contributed by atoms with Crippen molar-refractivity contribution in [1.29, 1.82) is 0 Å². The lowest BCUT2D eigenvalue weighted by molar-refractivity contribution is -0.116. The number of nitrogens with zero attached hydrogens (tertiary/aromatic N) is 2. The van der Waals surface area contributed by atoms with Crippen molar-refractivity contribution in [2.24, 2.45) is 0 Å². The minimum absolute atomic E-state index is 0.260. The number of rotatable bonds is 6. The van der Waals surface area contributed by atoms with Crippen molar-refractivity contribution in [2.75, 3.05) is 11.5 Å². The first-order valence-corrected chi connectivity index (χ1v) is 6.42. The third-order valence-electron chi connectivity index (χ3n) is 2.04. The van der Waals surface area contributed by atoms with Gasteiger partial charge in [-0.15, -0.1) is 0 Å². The van der Waals surface area contributed by atoms with Gasteiger partial charge < -0.3 is 0 Å². The second-order valence-electron chi connectivity index (χ2n) is 3.73. The zero-order valence-electron chi connectivity index (χ0n) is 9.56. The maximum absolute atomic E-state index is 11.5. The molecule has 0 fully saturated rings. The first-order chi connectivity index (χ1) is 7.13. The van der Waals surface area contributed by atoms with E-state index in [1.807, 2.05) is 16.9 Å². The van der Waals surface area contributed by atoms with Crippen LogP contribution in [0.2, 0.25) is 0 Å². The van der Waals surface area contributed by atoms with Crippen LogP contribution in [0.15, 0.2) is 12.3 Å². The monoisotopic (exact) mass is 226 g/mol. The molecule has 1 aromatic heterocycles. The number of hydrogen-bond donors (Lipinski definition) is 0. The number of Topliss-reactive ketones (excluding diaryl/α,β-unsaturated/α-hetero) is 1. The molecule has 4 heteroatoms. The SMILES string of the molecule is CCSCC(=O)Cc1ccn(C(C)C)n1. The standard InChI is InChI=1S/C11H18N2OS/c1-4-15-8-11(14)7-10-5-6-13(12-10)9(2)3/h5-6,9H,4,7-8H2,1-3H3. The van der Waals surface area contributed by atoms with E-state index in [1.54, 1.807) is 11.8 Å². The van der Waals surface area contributed by atoms with E-state index >= 15 is 0 Å². The lowest BCUT2D eigenvalue weighted by Gasteiger charge is -2.03. The van der Waals surface area contributed by atoms with Crippen LogP contribution in [0.3, 0.4) is 0 Å². The Morgan fingerprint density at radius 2 is 2.33 bits per heavy atom. The average molecular weight is 226 g/mol. The number of aromatic nitrogens is 2. The van der Waals surface area contributed by atoms with Crippen molar-refractivity contribution >= 4 is 17.5 Å². The molecule has 0 atom stereocenters. The average Bonchev–Trinajstić information content (AvgIpc) is 2.63. The van der Waals surface area contributed by atoms with Gasteiger partial charge in [0.2, 0.25) is 0 Å². The van der Waals surface area contributed by atoms with Crippen LogP contribution in [0, 0.1) is 0 Å². The molecule has 15 heavy (non-hydrogen) atoms. The van der Waals surface area contributed by atoms with E-state index in [-0.39, 0.29) is 5.78 Å². The van der Waals surface area contributed by atoms with Crippen LogP contribution in [0.25, 0.3) is 0 Å². The molecule has 0 saturated heterocycles. The Balaban J connectivity index is 2.46. The first kappa shape index (κ1) is 12.3. The molecule has 0 N–H and O–H groups in total. The third-order valence-corrected chi connectivity index (χ3v) is 2.97. The van der Waals surface area contributed by atoms with Gasteiger partial charge in [0.15, 0.2) is 0 Å². The van der Waals surface area contributed by atoms with E-state index in [4.69, 9.17) is 0 Å². The van der Waals surface area contributed by atoms with E-state index in [9.17, 15) is 4.79 Å². The van der Waals surface area contributed by atoms with E-state index in [0.717, 1.165) is 11.4 Å². The van der Waals surface area contributed by atoms with Crippen LogP contribution >= 0.6 is 11.8 Å². The summed E-state index contributed by atoms with van der Waals surface area (Å²) in [6, 6.07) is 2.29. The van der Waals surface area contributed by atoms with Crippen molar-refractivity contribution < 1.29 is 4.79 Å². The lowest BCUT2D eigenvalue weighted by Crippen LogP contribution is -2.08. The zero-order chi connectivity index (χ0) is 11.3. The summed E-state index contributed by atoms with van der Waals surface area (Å²) in [6.07, 6.45) is 2.40. The summed E-state index contributed by atoms with van der Waals surface area (Å²) < 4.78 is 1.88. The van der Waals surface area contributed by atoms with Gasteiger partial charge in [0.1, 0.15) is 5.78 Å². The minimum atomic E-state index is 0.260. The quantitative estimate of drug-likeness (QED) is 0.746. The molecule has 0 radical (unpaired) electrons. The van der Waals surface area contributed by atoms with Gasteiger partial charge in [0.05, 0.1) is 17.9 Å². The lowest BCUT2D eigenvalue weighted by atomic mass is 10.2. The Bertz CT molecular complexity index is 320. The van der Waals surface area contributed by atoms with E-state index in [0.29, 0.717) is 18.2 Å². The molecule has 3 nitrogen and oxygen atoms in total. The fourth-order valence-electron chi connectivity index (χ4n) is 1.23. The minimum Gasteiger partial charge on any atom is -0.298 e. The van der Waals surface area contributed by atoms with Gasteiger partial charge in [-0.3, -0.25) is 9.48 Å². The van der Waals surface area contributed by atoms with Gasteiger partial charge in [-0.2, -0.15) is 16.9 Å². The van der Waals surface area contributed by atoms with Crippen LogP contribution < -0.4 is 0 Å². The molecule has 0 aliphatic carbocycles. The Hall–Kier alpha value is -0.770. The predicted octanol–water partition coefficient (Wildman–Crippen LogP) is 2.33. The van der Waals surface area contributed by atoms with Crippen molar-refractivity contribution in [3.8, 4) is 0 Å². The molecule has 0 aliphatic heterocycles. The summed E-state index contributed by atoms with van der Waals surface area (Å²) in [5, 5.41) is 4.34. The Morgan fingerprint density at radius 1 is 1.60 bits per heavy atom. The highest BCUT2D eigenvalue weighted by Gasteiger charge is 2.07. The van der Waals surface area contributed by atoms with E-state index in [2.05, 4.69) is 25.9 Å². The van der Waals surface area contributed by atoms with Crippen LogP contribution in [0.1, 0.15) is 32.5 Å². The van der Waals surface area contributed by atoms with Gasteiger partial charge in [0.25, 0.3) is 0 Å². The molecule has 0 amide bonds. The zero-order valence-corrected chi connectivity index (χ0v) is 10.4. The molecule has 1 rings (SSSR count). The van der Waals surface area contributed by atoms with Crippen molar-refractivity contribution in [3.63, 3.8) is 0 Å². The number of thioether (sulfide) groups is 1. The van der Waals surface area contributed by atoms with Gasteiger partial charge in [-0.25, -0.2) is 0 Å².